The number of carbonyl (C=O) groups is 1. The van der Waals surface area contributed by atoms with Gasteiger partial charge in [-0.15, -0.1) is 10.2 Å². The van der Waals surface area contributed by atoms with E-state index in [9.17, 15) is 14.9 Å². The second-order valence-electron chi connectivity index (χ2n) is 6.22. The summed E-state index contributed by atoms with van der Waals surface area (Å²) in [6, 6.07) is 6.38. The molecule has 0 aliphatic carbocycles. The molecule has 0 bridgehead atoms. The predicted molar refractivity (Wildman–Crippen MR) is 95.6 cm³/mol. The molecule has 0 saturated heterocycles. The number of para-hydroxylation sites is 2. The van der Waals surface area contributed by atoms with Gasteiger partial charge in [0.25, 0.3) is 5.69 Å². The van der Waals surface area contributed by atoms with Crippen LogP contribution >= 0.6 is 0 Å². The molecule has 26 heavy (non-hydrogen) atoms. The van der Waals surface area contributed by atoms with E-state index in [2.05, 4.69) is 25.4 Å². The fourth-order valence-electron chi connectivity index (χ4n) is 3.04. The van der Waals surface area contributed by atoms with Crippen LogP contribution in [0.3, 0.4) is 0 Å². The Hall–Kier alpha value is -2.97. The number of anilines is 1. The largest absolute Gasteiger partial charge is 0.379 e. The molecule has 1 amide bonds. The first kappa shape index (κ1) is 17.8. The van der Waals surface area contributed by atoms with Gasteiger partial charge < -0.3 is 15.2 Å². The molecular weight excluding hydrogens is 336 g/mol. The van der Waals surface area contributed by atoms with E-state index in [4.69, 9.17) is 0 Å². The number of aryl methyl sites for hydroxylation is 1. The maximum Gasteiger partial charge on any atom is 0.292 e. The second-order valence-corrected chi connectivity index (χ2v) is 6.22. The summed E-state index contributed by atoms with van der Waals surface area (Å²) in [6.07, 6.45) is 4.56. The third-order valence-corrected chi connectivity index (χ3v) is 4.40. The van der Waals surface area contributed by atoms with Crippen molar-refractivity contribution in [1.82, 2.24) is 20.1 Å². The van der Waals surface area contributed by atoms with E-state index < -0.39 is 4.92 Å². The van der Waals surface area contributed by atoms with Crippen molar-refractivity contribution in [2.24, 2.45) is 0 Å². The first-order chi connectivity index (χ1) is 12.6. The molecular formula is C17H22N6O3. The molecule has 0 atom stereocenters. The summed E-state index contributed by atoms with van der Waals surface area (Å²) in [5.74, 6) is 1.63. The number of nitro benzene ring substituents is 1. The Morgan fingerprint density at radius 1 is 1.23 bits per heavy atom. The lowest BCUT2D eigenvalue weighted by atomic mass is 10.2. The number of hydrogen-bond acceptors (Lipinski definition) is 6. The van der Waals surface area contributed by atoms with Crippen molar-refractivity contribution >= 4 is 17.3 Å². The SMILES string of the molecule is O=C(CCNc1ccccc1[N+](=O)[O-])NCc1nnc2n1CCCCC2. The molecule has 1 aromatic heterocycles. The zero-order chi connectivity index (χ0) is 18.4. The summed E-state index contributed by atoms with van der Waals surface area (Å²) < 4.78 is 2.10. The third-order valence-electron chi connectivity index (χ3n) is 4.40. The molecule has 1 aromatic carbocycles. The topological polar surface area (TPSA) is 115 Å². The van der Waals surface area contributed by atoms with E-state index in [-0.39, 0.29) is 18.0 Å². The molecule has 0 spiro atoms. The van der Waals surface area contributed by atoms with Gasteiger partial charge >= 0.3 is 0 Å². The van der Waals surface area contributed by atoms with Gasteiger partial charge in [-0.05, 0) is 18.9 Å². The van der Waals surface area contributed by atoms with Crippen molar-refractivity contribution in [3.63, 3.8) is 0 Å². The lowest BCUT2D eigenvalue weighted by Crippen LogP contribution is -2.26. The van der Waals surface area contributed by atoms with E-state index in [1.165, 1.54) is 12.5 Å². The van der Waals surface area contributed by atoms with Gasteiger partial charge in [-0.25, -0.2) is 0 Å². The average Bonchev–Trinajstić information content (AvgIpc) is 2.86. The summed E-state index contributed by atoms with van der Waals surface area (Å²) in [6.45, 7) is 1.55. The number of aromatic nitrogens is 3. The zero-order valence-electron chi connectivity index (χ0n) is 14.5. The number of nitro groups is 1. The summed E-state index contributed by atoms with van der Waals surface area (Å²) in [4.78, 5) is 22.6. The molecule has 0 radical (unpaired) electrons. The van der Waals surface area contributed by atoms with Crippen LogP contribution in [0.5, 0.6) is 0 Å². The van der Waals surface area contributed by atoms with Crippen LogP contribution in [0, 0.1) is 10.1 Å². The Bertz CT molecular complexity index is 789. The second kappa shape index (κ2) is 8.41. The highest BCUT2D eigenvalue weighted by molar-refractivity contribution is 5.76. The highest BCUT2D eigenvalue weighted by atomic mass is 16.6. The Labute approximate surface area is 151 Å². The highest BCUT2D eigenvalue weighted by Crippen LogP contribution is 2.22. The molecule has 2 aromatic rings. The summed E-state index contributed by atoms with van der Waals surface area (Å²) in [5, 5.41) is 25.1. The van der Waals surface area contributed by atoms with E-state index >= 15 is 0 Å². The van der Waals surface area contributed by atoms with Crippen molar-refractivity contribution in [2.75, 3.05) is 11.9 Å². The van der Waals surface area contributed by atoms with E-state index in [0.717, 1.165) is 37.5 Å². The van der Waals surface area contributed by atoms with Gasteiger partial charge in [0.05, 0.1) is 11.5 Å². The van der Waals surface area contributed by atoms with Crippen molar-refractivity contribution < 1.29 is 9.72 Å². The third kappa shape index (κ3) is 4.35. The van der Waals surface area contributed by atoms with E-state index in [1.54, 1.807) is 18.2 Å². The van der Waals surface area contributed by atoms with Crippen LogP contribution in [0.1, 0.15) is 37.3 Å². The van der Waals surface area contributed by atoms with Crippen LogP contribution in [0.25, 0.3) is 0 Å². The molecule has 9 nitrogen and oxygen atoms in total. The van der Waals surface area contributed by atoms with Crippen LogP contribution in [-0.4, -0.2) is 32.1 Å². The lowest BCUT2D eigenvalue weighted by molar-refractivity contribution is -0.384. The quantitative estimate of drug-likeness (QED) is 0.578. The normalized spacial score (nSPS) is 13.5. The number of fused-ring (bicyclic) bond motifs is 1. The van der Waals surface area contributed by atoms with Gasteiger partial charge in [0.2, 0.25) is 5.91 Å². The fraction of sp³-hybridized carbons (Fsp3) is 0.471. The van der Waals surface area contributed by atoms with Gasteiger partial charge in [0, 0.05) is 32.0 Å². The van der Waals surface area contributed by atoms with Gasteiger partial charge in [0.15, 0.2) is 5.82 Å². The maximum absolute atomic E-state index is 12.0. The molecule has 0 unspecified atom stereocenters. The van der Waals surface area contributed by atoms with Crippen LogP contribution in [-0.2, 0) is 24.3 Å². The molecule has 138 valence electrons. The van der Waals surface area contributed by atoms with Crippen LogP contribution in [0.15, 0.2) is 24.3 Å². The Morgan fingerprint density at radius 2 is 2.08 bits per heavy atom. The maximum atomic E-state index is 12.0. The van der Waals surface area contributed by atoms with Crippen molar-refractivity contribution in [1.29, 1.82) is 0 Å². The smallest absolute Gasteiger partial charge is 0.292 e. The Balaban J connectivity index is 1.47. The van der Waals surface area contributed by atoms with Crippen molar-refractivity contribution in [2.45, 2.75) is 45.2 Å². The Morgan fingerprint density at radius 3 is 2.92 bits per heavy atom. The number of benzene rings is 1. The van der Waals surface area contributed by atoms with Crippen LogP contribution in [0.2, 0.25) is 0 Å². The van der Waals surface area contributed by atoms with Gasteiger partial charge in [-0.3, -0.25) is 14.9 Å². The molecule has 2 N–H and O–H groups in total. The van der Waals surface area contributed by atoms with Crippen molar-refractivity contribution in [3.05, 3.63) is 46.0 Å². The number of nitrogens with zero attached hydrogens (tertiary/aromatic N) is 4. The average molecular weight is 358 g/mol. The number of rotatable bonds is 7. The standard InChI is InChI=1S/C17H22N6O3/c24-17(9-10-18-13-6-3-4-7-14(13)23(25)26)19-12-16-21-20-15-8-2-1-5-11-22(15)16/h3-4,6-7,18H,1-2,5,8-12H2,(H,19,24). The first-order valence-corrected chi connectivity index (χ1v) is 8.80. The number of amides is 1. The number of carbonyl (C=O) groups excluding carboxylic acids is 1. The minimum absolute atomic E-state index is 0.000869. The first-order valence-electron chi connectivity index (χ1n) is 8.80. The number of nitrogens with one attached hydrogen (secondary N) is 2. The summed E-state index contributed by atoms with van der Waals surface area (Å²) >= 11 is 0. The Kier molecular flexibility index (Phi) is 5.77. The van der Waals surface area contributed by atoms with Crippen LogP contribution < -0.4 is 10.6 Å². The minimum atomic E-state index is -0.445. The molecule has 0 saturated carbocycles. The highest BCUT2D eigenvalue weighted by Gasteiger charge is 2.15. The molecule has 1 aliphatic rings. The lowest BCUT2D eigenvalue weighted by Gasteiger charge is -2.09. The molecule has 1 aliphatic heterocycles. The van der Waals surface area contributed by atoms with Crippen molar-refractivity contribution in [3.8, 4) is 0 Å². The molecule has 3 rings (SSSR count). The predicted octanol–water partition coefficient (Wildman–Crippen LogP) is 2.03. The minimum Gasteiger partial charge on any atom is -0.379 e. The van der Waals surface area contributed by atoms with Gasteiger partial charge in [-0.1, -0.05) is 18.6 Å². The van der Waals surface area contributed by atoms with E-state index in [1.807, 2.05) is 0 Å². The number of hydrogen-bond donors (Lipinski definition) is 2. The zero-order valence-corrected chi connectivity index (χ0v) is 14.5. The van der Waals surface area contributed by atoms with Gasteiger partial charge in [-0.2, -0.15) is 0 Å². The summed E-state index contributed by atoms with van der Waals surface area (Å²) in [5.41, 5.74) is 0.409. The summed E-state index contributed by atoms with van der Waals surface area (Å²) in [7, 11) is 0. The molecule has 2 heterocycles. The van der Waals surface area contributed by atoms with Crippen LogP contribution in [0.4, 0.5) is 11.4 Å². The monoisotopic (exact) mass is 358 g/mol. The van der Waals surface area contributed by atoms with Gasteiger partial charge in [0.1, 0.15) is 11.5 Å². The molecule has 9 heteroatoms. The van der Waals surface area contributed by atoms with E-state index in [0.29, 0.717) is 18.8 Å². The molecule has 0 fully saturated rings. The fourth-order valence-corrected chi connectivity index (χ4v) is 3.04.